The van der Waals surface area contributed by atoms with E-state index >= 15 is 0 Å². The number of hydrogen-bond acceptors (Lipinski definition) is 8. The van der Waals surface area contributed by atoms with Crippen molar-refractivity contribution >= 4 is 46.9 Å². The fraction of sp³-hybridized carbons (Fsp3) is 0.488. The fourth-order valence-corrected chi connectivity index (χ4v) is 8.52. The summed E-state index contributed by atoms with van der Waals surface area (Å²) in [5.74, 6) is 0.0721. The van der Waals surface area contributed by atoms with E-state index < -0.39 is 24.3 Å². The predicted octanol–water partition coefficient (Wildman–Crippen LogP) is 7.78. The highest BCUT2D eigenvalue weighted by Crippen LogP contribution is 2.39. The monoisotopic (exact) mass is 799 g/mol. The Morgan fingerprint density at radius 2 is 1.18 bits per heavy atom. The number of methoxy groups -OCH3 is 2. The van der Waals surface area contributed by atoms with Gasteiger partial charge in [-0.15, -0.1) is 0 Å². The fourth-order valence-electron chi connectivity index (χ4n) is 8.27. The molecule has 6 rings (SSSR count). The van der Waals surface area contributed by atoms with E-state index in [1.54, 1.807) is 4.90 Å². The first-order valence-corrected chi connectivity index (χ1v) is 20.2. The second-order valence-electron chi connectivity index (χ2n) is 16.0. The van der Waals surface area contributed by atoms with E-state index in [9.17, 15) is 19.2 Å². The van der Waals surface area contributed by atoms with E-state index in [0.29, 0.717) is 29.5 Å². The maximum atomic E-state index is 13.8. The first-order valence-electron chi connectivity index (χ1n) is 19.8. The van der Waals surface area contributed by atoms with E-state index in [0.717, 1.165) is 52.8 Å². The molecule has 0 saturated carbocycles. The third-order valence-corrected chi connectivity index (χ3v) is 11.8. The highest BCUT2D eigenvalue weighted by atomic mass is 35.5. The molecule has 0 bridgehead atoms. The van der Waals surface area contributed by atoms with E-state index in [2.05, 4.69) is 46.8 Å². The number of likely N-dealkylation sites (tertiary alicyclic amines) is 2. The summed E-state index contributed by atoms with van der Waals surface area (Å²) in [6, 6.07) is 14.6. The van der Waals surface area contributed by atoms with Gasteiger partial charge in [0, 0.05) is 36.0 Å². The zero-order valence-corrected chi connectivity index (χ0v) is 34.7. The Hall–Kier alpha value is -5.17. The number of aromatic amines is 1. The Kier molecular flexibility index (Phi) is 12.8. The summed E-state index contributed by atoms with van der Waals surface area (Å²) in [6.07, 6.45) is 4.48. The van der Waals surface area contributed by atoms with Crippen LogP contribution in [0.1, 0.15) is 91.1 Å². The summed E-state index contributed by atoms with van der Waals surface area (Å²) in [7, 11) is 2.58. The molecule has 0 unspecified atom stereocenters. The van der Waals surface area contributed by atoms with Crippen molar-refractivity contribution in [1.82, 2.24) is 30.4 Å². The van der Waals surface area contributed by atoms with Gasteiger partial charge >= 0.3 is 12.2 Å². The van der Waals surface area contributed by atoms with Gasteiger partial charge in [0.25, 0.3) is 0 Å². The van der Waals surface area contributed by atoms with Crippen LogP contribution in [0.3, 0.4) is 0 Å². The number of amides is 4. The molecule has 6 atom stereocenters. The molecular formula is C43H54ClN7O6. The van der Waals surface area contributed by atoms with Crippen molar-refractivity contribution in [2.24, 2.45) is 16.8 Å². The molecule has 14 heteroatoms. The van der Waals surface area contributed by atoms with Gasteiger partial charge in [0.2, 0.25) is 11.8 Å². The predicted molar refractivity (Wildman–Crippen MR) is 220 cm³/mol. The molecular weight excluding hydrogens is 746 g/mol. The van der Waals surface area contributed by atoms with Gasteiger partial charge in [-0.05, 0) is 73.6 Å². The van der Waals surface area contributed by atoms with Crippen molar-refractivity contribution < 1.29 is 28.7 Å². The molecule has 2 fully saturated rings. The first-order chi connectivity index (χ1) is 27.2. The zero-order chi connectivity index (χ0) is 41.1. The van der Waals surface area contributed by atoms with Gasteiger partial charge < -0.3 is 34.9 Å². The van der Waals surface area contributed by atoms with Crippen LogP contribution < -0.4 is 10.6 Å². The Balaban J connectivity index is 1.11. The normalized spacial score (nSPS) is 21.7. The van der Waals surface area contributed by atoms with Crippen molar-refractivity contribution in [2.75, 3.05) is 14.2 Å². The number of aromatic nitrogens is 2. The molecule has 0 aliphatic carbocycles. The molecule has 3 aromatic rings. The Morgan fingerprint density at radius 3 is 1.67 bits per heavy atom. The second kappa shape index (κ2) is 17.5. The smallest absolute Gasteiger partial charge is 0.407 e. The van der Waals surface area contributed by atoms with E-state index in [1.165, 1.54) is 14.2 Å². The van der Waals surface area contributed by atoms with Crippen molar-refractivity contribution in [3.05, 3.63) is 71.3 Å². The lowest BCUT2D eigenvalue weighted by atomic mass is 9.95. The molecule has 13 nitrogen and oxygen atoms in total. The highest BCUT2D eigenvalue weighted by molar-refractivity contribution is 6.32. The number of rotatable bonds is 11. The minimum Gasteiger partial charge on any atom is -0.453 e. The number of hydrogen-bond donors (Lipinski definition) is 3. The second-order valence-corrected chi connectivity index (χ2v) is 16.4. The number of benzene rings is 2. The molecule has 3 aliphatic rings. The van der Waals surface area contributed by atoms with Gasteiger partial charge in [-0.25, -0.2) is 14.6 Å². The summed E-state index contributed by atoms with van der Waals surface area (Å²) in [5.41, 5.74) is 6.64. The number of aliphatic imine (C=N–C) groups is 1. The average molecular weight is 800 g/mol. The Labute approximate surface area is 339 Å². The lowest BCUT2D eigenvalue weighted by Crippen LogP contribution is -2.55. The zero-order valence-electron chi connectivity index (χ0n) is 34.0. The molecule has 2 aromatic carbocycles. The number of carbonyl (C=O) groups excluding carboxylic acids is 4. The number of H-pyrrole nitrogens is 1. The summed E-state index contributed by atoms with van der Waals surface area (Å²) in [4.78, 5) is 68.3. The average Bonchev–Trinajstić information content (AvgIpc) is 4.01. The lowest BCUT2D eigenvalue weighted by molar-refractivity contribution is -0.137. The highest BCUT2D eigenvalue weighted by Gasteiger charge is 2.43. The van der Waals surface area contributed by atoms with Gasteiger partial charge in [0.05, 0.1) is 26.3 Å². The maximum absolute atomic E-state index is 13.8. The lowest BCUT2D eigenvalue weighted by Gasteiger charge is -2.33. The summed E-state index contributed by atoms with van der Waals surface area (Å²) >= 11 is 6.74. The number of allylic oxidation sites excluding steroid dienone is 1. The summed E-state index contributed by atoms with van der Waals surface area (Å²) < 4.78 is 9.57. The number of alkyl carbamates (subject to hydrolysis) is 2. The van der Waals surface area contributed by atoms with E-state index in [-0.39, 0.29) is 47.8 Å². The topological polar surface area (TPSA) is 158 Å². The van der Waals surface area contributed by atoms with Crippen LogP contribution in [0.4, 0.5) is 9.59 Å². The SMILES string of the molecule is COC(=O)N[C@H](C(=O)N1[C@@H](C)CC[C@H]1C1=NC=C(c2ccc(-c3ccc(-c4nc([C@@H]5CC[C@H](C)N5C(=O)[C@@H](NC(=O)OC)C(C)C)[nH]c4Cl)cc3)cc2)C1)C(C)C. The molecule has 4 heterocycles. The summed E-state index contributed by atoms with van der Waals surface area (Å²) in [6.45, 7) is 11.7. The van der Waals surface area contributed by atoms with Crippen LogP contribution in [0.25, 0.3) is 28.0 Å². The van der Waals surface area contributed by atoms with Crippen LogP contribution in [0, 0.1) is 11.8 Å². The van der Waals surface area contributed by atoms with E-state index in [1.807, 2.05) is 70.0 Å². The van der Waals surface area contributed by atoms with Crippen LogP contribution in [0.2, 0.25) is 5.15 Å². The largest absolute Gasteiger partial charge is 0.453 e. The van der Waals surface area contributed by atoms with Gasteiger partial charge in [-0.2, -0.15) is 0 Å². The molecule has 1 aromatic heterocycles. The number of halogens is 1. The summed E-state index contributed by atoms with van der Waals surface area (Å²) in [5, 5.41) is 5.83. The molecule has 0 radical (unpaired) electrons. The van der Waals surface area contributed by atoms with Crippen LogP contribution in [-0.2, 0) is 19.1 Å². The standard InChI is InChI=1S/C43H54ClN7O6/c1-23(2)35(47-42(54)56-7)40(52)50-25(5)9-19-33(50)32-21-31(22-45-32)29-13-11-27(12-14-29)28-15-17-30(18-16-28)37-38(44)49-39(46-37)34-20-10-26(6)51(34)41(53)36(24(3)4)48-43(55)57-8/h11-18,22-26,33-36H,9-10,19-21H2,1-8H3,(H,46,49)(H,47,54)(H,48,55)/t25-,26-,33-,34-,35-,36-/m0/s1. The number of carbonyl (C=O) groups is 4. The van der Waals surface area contributed by atoms with Crippen molar-refractivity contribution in [3.8, 4) is 22.4 Å². The number of imidazole rings is 1. The first kappa shape index (κ1) is 41.5. The minimum atomic E-state index is -0.737. The Morgan fingerprint density at radius 1 is 0.719 bits per heavy atom. The van der Waals surface area contributed by atoms with Gasteiger partial charge in [-0.3, -0.25) is 14.6 Å². The minimum absolute atomic E-state index is 0.0321. The van der Waals surface area contributed by atoms with Crippen LogP contribution >= 0.6 is 11.6 Å². The molecule has 304 valence electrons. The van der Waals surface area contributed by atoms with Gasteiger partial charge in [-0.1, -0.05) is 87.8 Å². The quantitative estimate of drug-likeness (QED) is 0.179. The van der Waals surface area contributed by atoms with Gasteiger partial charge in [0.15, 0.2) is 0 Å². The van der Waals surface area contributed by atoms with Crippen molar-refractivity contribution in [2.45, 2.75) is 110 Å². The van der Waals surface area contributed by atoms with Crippen LogP contribution in [-0.4, -0.2) is 93.9 Å². The number of nitrogens with one attached hydrogen (secondary N) is 3. The third-order valence-electron chi connectivity index (χ3n) is 11.5. The van der Waals surface area contributed by atoms with E-state index in [4.69, 9.17) is 31.1 Å². The third kappa shape index (κ3) is 8.73. The maximum Gasteiger partial charge on any atom is 0.407 e. The molecule has 4 amide bonds. The van der Waals surface area contributed by atoms with Crippen molar-refractivity contribution in [1.29, 1.82) is 0 Å². The molecule has 57 heavy (non-hydrogen) atoms. The molecule has 2 saturated heterocycles. The molecule has 3 N–H and O–H groups in total. The Bertz CT molecular complexity index is 2030. The van der Waals surface area contributed by atoms with Crippen LogP contribution in [0.15, 0.2) is 59.7 Å². The van der Waals surface area contributed by atoms with Crippen LogP contribution in [0.5, 0.6) is 0 Å². The molecule has 3 aliphatic heterocycles. The number of nitrogens with zero attached hydrogens (tertiary/aromatic N) is 4. The van der Waals surface area contributed by atoms with Crippen molar-refractivity contribution in [3.63, 3.8) is 0 Å². The number of ether oxygens (including phenoxy) is 2. The molecule has 0 spiro atoms. The van der Waals surface area contributed by atoms with Gasteiger partial charge in [0.1, 0.15) is 28.8 Å².